The molecule has 11 heteroatoms. The number of fused-ring (bicyclic) bond motifs is 1. The Morgan fingerprint density at radius 1 is 1.09 bits per heavy atom. The third kappa shape index (κ3) is 4.22. The lowest BCUT2D eigenvalue weighted by molar-refractivity contribution is -0.141. The molecular weight excluding hydrogens is 473 g/mol. The molecule has 0 aliphatic heterocycles. The van der Waals surface area contributed by atoms with Gasteiger partial charge in [0.25, 0.3) is 0 Å². The van der Waals surface area contributed by atoms with Crippen molar-refractivity contribution < 1.29 is 21.6 Å². The molecule has 6 nitrogen and oxygen atoms in total. The van der Waals surface area contributed by atoms with Crippen molar-refractivity contribution in [2.75, 3.05) is 12.0 Å². The van der Waals surface area contributed by atoms with Gasteiger partial charge in [-0.3, -0.25) is 4.98 Å². The summed E-state index contributed by atoms with van der Waals surface area (Å²) in [6.45, 7) is 1.52. The minimum atomic E-state index is -4.62. The van der Waals surface area contributed by atoms with Crippen molar-refractivity contribution in [3.63, 3.8) is 0 Å². The number of rotatable bonds is 5. The van der Waals surface area contributed by atoms with Crippen LogP contribution in [-0.4, -0.2) is 39.9 Å². The maximum Gasteiger partial charge on any atom is 0.433 e. The van der Waals surface area contributed by atoms with Crippen LogP contribution in [0.2, 0.25) is 0 Å². The second-order valence-electron chi connectivity index (χ2n) is 7.22. The highest BCUT2D eigenvalue weighted by atomic mass is 32.2. The summed E-state index contributed by atoms with van der Waals surface area (Å²) in [5.74, 6) is -0.0261. The maximum atomic E-state index is 13.1. The number of sulfone groups is 1. The largest absolute Gasteiger partial charge is 0.433 e. The highest BCUT2D eigenvalue weighted by Crippen LogP contribution is 2.35. The number of alkyl halides is 3. The maximum absolute atomic E-state index is 13.1. The topological polar surface area (TPSA) is 77.7 Å². The van der Waals surface area contributed by atoms with Gasteiger partial charge in [0.05, 0.1) is 27.9 Å². The Morgan fingerprint density at radius 2 is 1.82 bits per heavy atom. The number of halogens is 3. The Hall–Kier alpha value is -2.92. The first-order chi connectivity index (χ1) is 15.6. The molecule has 0 fully saturated rings. The Morgan fingerprint density at radius 3 is 2.48 bits per heavy atom. The standard InChI is InChI=1S/C22H19F3N4O2S2/c1-4-33(30,31)18-9-13(14-7-5-6-8-17(14)32-3)11-27-20(18)21-28-15-10-19(22(23,24)25)26-12-16(15)29(21)2/h5-12H,4H2,1-3H3. The molecule has 4 aromatic rings. The Kier molecular flexibility index (Phi) is 5.95. The molecule has 0 amide bonds. The molecule has 0 bridgehead atoms. The number of hydrogen-bond donors (Lipinski definition) is 0. The van der Waals surface area contributed by atoms with E-state index in [2.05, 4.69) is 15.0 Å². The van der Waals surface area contributed by atoms with E-state index in [0.717, 1.165) is 22.7 Å². The van der Waals surface area contributed by atoms with Crippen LogP contribution in [0.4, 0.5) is 13.2 Å². The second-order valence-corrected chi connectivity index (χ2v) is 10.3. The molecule has 0 atom stereocenters. The average molecular weight is 493 g/mol. The summed E-state index contributed by atoms with van der Waals surface area (Å²) in [4.78, 5) is 13.1. The number of thioether (sulfide) groups is 1. The van der Waals surface area contributed by atoms with Gasteiger partial charge in [0.1, 0.15) is 11.4 Å². The van der Waals surface area contributed by atoms with Gasteiger partial charge in [0.15, 0.2) is 15.7 Å². The zero-order chi connectivity index (χ0) is 24.0. The van der Waals surface area contributed by atoms with E-state index in [0.29, 0.717) is 11.1 Å². The van der Waals surface area contributed by atoms with Gasteiger partial charge in [-0.25, -0.2) is 18.4 Å². The minimum absolute atomic E-state index is 0.0270. The van der Waals surface area contributed by atoms with Gasteiger partial charge < -0.3 is 4.57 Å². The van der Waals surface area contributed by atoms with Gasteiger partial charge in [-0.2, -0.15) is 13.2 Å². The number of hydrogen-bond acceptors (Lipinski definition) is 6. The number of aryl methyl sites for hydroxylation is 1. The normalized spacial score (nSPS) is 12.4. The van der Waals surface area contributed by atoms with E-state index in [9.17, 15) is 21.6 Å². The van der Waals surface area contributed by atoms with E-state index < -0.39 is 21.7 Å². The van der Waals surface area contributed by atoms with Crippen LogP contribution in [0.25, 0.3) is 33.7 Å². The van der Waals surface area contributed by atoms with Gasteiger partial charge in [-0.1, -0.05) is 25.1 Å². The monoisotopic (exact) mass is 492 g/mol. The molecule has 172 valence electrons. The van der Waals surface area contributed by atoms with Crippen molar-refractivity contribution >= 4 is 32.6 Å². The van der Waals surface area contributed by atoms with Crippen molar-refractivity contribution in [2.45, 2.75) is 22.9 Å². The van der Waals surface area contributed by atoms with E-state index in [1.165, 1.54) is 23.3 Å². The SMILES string of the molecule is CCS(=O)(=O)c1cc(-c2ccccc2SC)cnc1-c1nc2cc(C(F)(F)F)ncc2n1C. The zero-order valence-electron chi connectivity index (χ0n) is 17.9. The van der Waals surface area contributed by atoms with Gasteiger partial charge in [-0.15, -0.1) is 11.8 Å². The van der Waals surface area contributed by atoms with Crippen LogP contribution in [-0.2, 0) is 23.1 Å². The number of aromatic nitrogens is 4. The number of imidazole rings is 1. The van der Waals surface area contributed by atoms with E-state index >= 15 is 0 Å². The minimum Gasteiger partial charge on any atom is -0.324 e. The molecule has 0 radical (unpaired) electrons. The fourth-order valence-corrected chi connectivity index (χ4v) is 5.17. The number of benzene rings is 1. The third-order valence-electron chi connectivity index (χ3n) is 5.26. The molecule has 0 N–H and O–H groups in total. The van der Waals surface area contributed by atoms with Gasteiger partial charge in [-0.05, 0) is 30.0 Å². The number of pyridine rings is 2. The molecule has 3 heterocycles. The summed E-state index contributed by atoms with van der Waals surface area (Å²) in [6, 6.07) is 9.95. The second kappa shape index (κ2) is 8.45. The van der Waals surface area contributed by atoms with Crippen molar-refractivity contribution in [1.82, 2.24) is 19.5 Å². The number of nitrogens with zero attached hydrogens (tertiary/aromatic N) is 4. The smallest absolute Gasteiger partial charge is 0.324 e. The van der Waals surface area contributed by atoms with Crippen molar-refractivity contribution in [2.24, 2.45) is 7.05 Å². The summed E-state index contributed by atoms with van der Waals surface area (Å²) in [7, 11) is -2.15. The predicted molar refractivity (Wildman–Crippen MR) is 122 cm³/mol. The van der Waals surface area contributed by atoms with Crippen molar-refractivity contribution in [1.29, 1.82) is 0 Å². The lowest BCUT2D eigenvalue weighted by Crippen LogP contribution is -2.09. The fourth-order valence-electron chi connectivity index (χ4n) is 3.49. The third-order valence-corrected chi connectivity index (χ3v) is 7.79. The quantitative estimate of drug-likeness (QED) is 0.355. The summed E-state index contributed by atoms with van der Waals surface area (Å²) < 4.78 is 66.8. The van der Waals surface area contributed by atoms with E-state index in [4.69, 9.17) is 0 Å². The Bertz CT molecular complexity index is 1460. The van der Waals surface area contributed by atoms with E-state index in [1.807, 2.05) is 30.5 Å². The molecule has 1 aromatic carbocycles. The summed E-state index contributed by atoms with van der Waals surface area (Å²) in [5.41, 5.74) is 0.841. The fraction of sp³-hybridized carbons (Fsp3) is 0.227. The van der Waals surface area contributed by atoms with Crippen LogP contribution in [0.3, 0.4) is 0 Å². The van der Waals surface area contributed by atoms with Crippen LogP contribution < -0.4 is 0 Å². The first-order valence-corrected chi connectivity index (χ1v) is 12.7. The summed E-state index contributed by atoms with van der Waals surface area (Å²) in [5, 5.41) is 0. The molecule has 0 saturated carbocycles. The molecular formula is C22H19F3N4O2S2. The molecule has 0 unspecified atom stereocenters. The molecule has 0 aliphatic carbocycles. The lowest BCUT2D eigenvalue weighted by atomic mass is 10.1. The first-order valence-electron chi connectivity index (χ1n) is 9.83. The van der Waals surface area contributed by atoms with E-state index in [-0.39, 0.29) is 27.7 Å². The molecule has 0 spiro atoms. The van der Waals surface area contributed by atoms with Gasteiger partial charge in [0.2, 0.25) is 0 Å². The van der Waals surface area contributed by atoms with Gasteiger partial charge in [0, 0.05) is 23.7 Å². The Balaban J connectivity index is 1.96. The van der Waals surface area contributed by atoms with Crippen molar-refractivity contribution in [3.8, 4) is 22.6 Å². The highest BCUT2D eigenvalue weighted by Gasteiger charge is 2.33. The van der Waals surface area contributed by atoms with Gasteiger partial charge >= 0.3 is 6.18 Å². The molecule has 3 aromatic heterocycles. The molecule has 33 heavy (non-hydrogen) atoms. The average Bonchev–Trinajstić information content (AvgIpc) is 3.13. The van der Waals surface area contributed by atoms with Crippen molar-refractivity contribution in [3.05, 3.63) is 54.5 Å². The summed E-state index contributed by atoms with van der Waals surface area (Å²) >= 11 is 1.53. The highest BCUT2D eigenvalue weighted by molar-refractivity contribution is 7.98. The molecule has 0 saturated heterocycles. The Labute approximate surface area is 192 Å². The van der Waals surface area contributed by atoms with Crippen LogP contribution in [0, 0.1) is 0 Å². The van der Waals surface area contributed by atoms with E-state index in [1.54, 1.807) is 19.3 Å². The van der Waals surface area contributed by atoms with Crippen LogP contribution in [0.1, 0.15) is 12.6 Å². The molecule has 0 aliphatic rings. The van der Waals surface area contributed by atoms with Crippen LogP contribution >= 0.6 is 11.8 Å². The zero-order valence-corrected chi connectivity index (χ0v) is 19.5. The molecule has 4 rings (SSSR count). The predicted octanol–water partition coefficient (Wildman–Crippen LogP) is 5.23. The van der Waals surface area contributed by atoms with Crippen LogP contribution in [0.15, 0.2) is 58.6 Å². The summed E-state index contributed by atoms with van der Waals surface area (Å²) in [6.07, 6.45) is -0.0658. The first kappa shape index (κ1) is 23.2. The van der Waals surface area contributed by atoms with Crippen LogP contribution in [0.5, 0.6) is 0 Å². The lowest BCUT2D eigenvalue weighted by Gasteiger charge is -2.13.